The molecule has 1 aliphatic rings. The van der Waals surface area contributed by atoms with Crippen LogP contribution in [-0.4, -0.2) is 34.2 Å². The minimum Gasteiger partial charge on any atom is -0.493 e. The lowest BCUT2D eigenvalue weighted by molar-refractivity contribution is -0.137. The zero-order chi connectivity index (χ0) is 22.6. The van der Waals surface area contributed by atoms with Crippen molar-refractivity contribution in [2.75, 3.05) is 13.2 Å². The maximum Gasteiger partial charge on any atom is 0.416 e. The van der Waals surface area contributed by atoms with Crippen molar-refractivity contribution in [1.29, 1.82) is 0 Å². The van der Waals surface area contributed by atoms with Gasteiger partial charge in [-0.25, -0.2) is 0 Å². The third-order valence-electron chi connectivity index (χ3n) is 5.56. The second-order valence-electron chi connectivity index (χ2n) is 7.85. The molecule has 1 saturated heterocycles. The van der Waals surface area contributed by atoms with E-state index in [9.17, 15) is 18.0 Å². The van der Waals surface area contributed by atoms with Crippen LogP contribution < -0.4 is 4.74 Å². The zero-order valence-electron chi connectivity index (χ0n) is 17.4. The van der Waals surface area contributed by atoms with Gasteiger partial charge in [-0.05, 0) is 42.7 Å². The molecule has 2 heterocycles. The average Bonchev–Trinajstić information content (AvgIpc) is 3.44. The van der Waals surface area contributed by atoms with Crippen molar-refractivity contribution >= 4 is 5.91 Å². The minimum absolute atomic E-state index is 0.0689. The van der Waals surface area contributed by atoms with Crippen LogP contribution in [0.4, 0.5) is 13.2 Å². The van der Waals surface area contributed by atoms with Crippen LogP contribution >= 0.6 is 0 Å². The number of nitrogens with zero attached hydrogens (tertiary/aromatic N) is 2. The van der Waals surface area contributed by atoms with E-state index in [2.05, 4.69) is 10.2 Å². The normalized spacial score (nSPS) is 16.3. The molecular weight excluding hydrogens is 419 g/mol. The number of rotatable bonds is 7. The van der Waals surface area contributed by atoms with E-state index in [1.165, 1.54) is 12.1 Å². The molecule has 1 N–H and O–H groups in total. The van der Waals surface area contributed by atoms with E-state index in [0.29, 0.717) is 19.4 Å². The lowest BCUT2D eigenvalue weighted by Gasteiger charge is -2.23. The number of hydrogen-bond acceptors (Lipinski definition) is 3. The van der Waals surface area contributed by atoms with Gasteiger partial charge in [0, 0.05) is 18.7 Å². The molecule has 1 aromatic heterocycles. The maximum absolute atomic E-state index is 12.8. The van der Waals surface area contributed by atoms with E-state index in [1.807, 2.05) is 41.3 Å². The van der Waals surface area contributed by atoms with Gasteiger partial charge in [-0.1, -0.05) is 36.4 Å². The number of aromatic amines is 1. The predicted molar refractivity (Wildman–Crippen MR) is 113 cm³/mol. The average molecular weight is 443 g/mol. The van der Waals surface area contributed by atoms with E-state index in [-0.39, 0.29) is 24.3 Å². The van der Waals surface area contributed by atoms with Gasteiger partial charge in [0.1, 0.15) is 5.75 Å². The molecule has 0 spiro atoms. The number of halogens is 3. The Balaban J connectivity index is 1.33. The number of hydrogen-bond donors (Lipinski definition) is 1. The van der Waals surface area contributed by atoms with Crippen LogP contribution in [0.2, 0.25) is 0 Å². The summed E-state index contributed by atoms with van der Waals surface area (Å²) in [5, 5.41) is 7.35. The number of nitrogens with one attached hydrogen (secondary N) is 1. The largest absolute Gasteiger partial charge is 0.493 e. The number of H-pyrrole nitrogens is 1. The lowest BCUT2D eigenvalue weighted by atomic mass is 10.1. The molecule has 0 aliphatic carbocycles. The first kappa shape index (κ1) is 21.9. The monoisotopic (exact) mass is 443 g/mol. The Labute approximate surface area is 184 Å². The fourth-order valence-corrected chi connectivity index (χ4v) is 3.96. The summed E-state index contributed by atoms with van der Waals surface area (Å²) < 4.78 is 44.0. The third-order valence-corrected chi connectivity index (χ3v) is 5.56. The maximum atomic E-state index is 12.8. The Morgan fingerprint density at radius 2 is 1.94 bits per heavy atom. The van der Waals surface area contributed by atoms with Gasteiger partial charge >= 0.3 is 6.18 Å². The van der Waals surface area contributed by atoms with E-state index >= 15 is 0 Å². The molecule has 3 aromatic rings. The summed E-state index contributed by atoms with van der Waals surface area (Å²) in [5.41, 5.74) is 1.87. The SMILES string of the molecule is O=C(Cc1ccccc1)N1CCCC1c1cc(CCOc2cccc(C(F)(F)F)c2)[nH]n1. The number of carbonyl (C=O) groups is 1. The van der Waals surface area contributed by atoms with Crippen LogP contribution in [-0.2, 0) is 23.8 Å². The van der Waals surface area contributed by atoms with Gasteiger partial charge in [0.25, 0.3) is 0 Å². The first-order valence-electron chi connectivity index (χ1n) is 10.6. The van der Waals surface area contributed by atoms with E-state index in [1.54, 1.807) is 0 Å². The van der Waals surface area contributed by atoms with Gasteiger partial charge in [-0.3, -0.25) is 9.89 Å². The van der Waals surface area contributed by atoms with Gasteiger partial charge in [0.05, 0.1) is 30.3 Å². The van der Waals surface area contributed by atoms with Gasteiger partial charge in [0.2, 0.25) is 5.91 Å². The smallest absolute Gasteiger partial charge is 0.416 e. The van der Waals surface area contributed by atoms with Crippen LogP contribution in [0.5, 0.6) is 5.75 Å². The summed E-state index contributed by atoms with van der Waals surface area (Å²) in [7, 11) is 0. The highest BCUT2D eigenvalue weighted by atomic mass is 19.4. The first-order chi connectivity index (χ1) is 15.4. The summed E-state index contributed by atoms with van der Waals surface area (Å²) in [5.74, 6) is 0.254. The summed E-state index contributed by atoms with van der Waals surface area (Å²) in [6.07, 6.45) is -1.80. The van der Waals surface area contributed by atoms with Crippen molar-refractivity contribution in [1.82, 2.24) is 15.1 Å². The Morgan fingerprint density at radius 1 is 1.12 bits per heavy atom. The Bertz CT molecular complexity index is 1050. The number of amides is 1. The minimum atomic E-state index is -4.40. The molecule has 1 fully saturated rings. The number of carbonyl (C=O) groups excluding carboxylic acids is 1. The molecule has 0 bridgehead atoms. The Hall–Kier alpha value is -3.29. The van der Waals surface area contributed by atoms with Crippen LogP contribution in [0.15, 0.2) is 60.7 Å². The quantitative estimate of drug-likeness (QED) is 0.562. The van der Waals surface area contributed by atoms with E-state index in [0.717, 1.165) is 41.9 Å². The first-order valence-corrected chi connectivity index (χ1v) is 10.6. The molecule has 1 amide bonds. The van der Waals surface area contributed by atoms with Crippen molar-refractivity contribution in [2.24, 2.45) is 0 Å². The number of alkyl halides is 3. The van der Waals surface area contributed by atoms with Gasteiger partial charge in [-0.2, -0.15) is 18.3 Å². The van der Waals surface area contributed by atoms with Crippen LogP contribution in [0.1, 0.15) is 41.4 Å². The predicted octanol–water partition coefficient (Wildman–Crippen LogP) is 4.96. The van der Waals surface area contributed by atoms with Crippen molar-refractivity contribution in [3.05, 3.63) is 83.2 Å². The second kappa shape index (κ2) is 9.46. The lowest BCUT2D eigenvalue weighted by Crippen LogP contribution is -2.32. The molecule has 4 rings (SSSR count). The zero-order valence-corrected chi connectivity index (χ0v) is 17.4. The summed E-state index contributed by atoms with van der Waals surface area (Å²) in [6.45, 7) is 0.918. The third kappa shape index (κ3) is 5.30. The van der Waals surface area contributed by atoms with Gasteiger partial charge in [-0.15, -0.1) is 0 Å². The molecular formula is C24H24F3N3O2. The second-order valence-corrected chi connectivity index (χ2v) is 7.85. The molecule has 0 saturated carbocycles. The standard InChI is InChI=1S/C24H24F3N3O2/c25-24(26,27)18-8-4-9-20(15-18)32-13-11-19-16-21(29-28-19)22-10-5-12-30(22)23(31)14-17-6-2-1-3-7-17/h1-4,6-9,15-16,22H,5,10-14H2,(H,28,29). The molecule has 168 valence electrons. The highest BCUT2D eigenvalue weighted by Crippen LogP contribution is 2.32. The van der Waals surface area contributed by atoms with Crippen LogP contribution in [0, 0.1) is 0 Å². The van der Waals surface area contributed by atoms with Crippen molar-refractivity contribution in [2.45, 2.75) is 37.9 Å². The summed E-state index contributed by atoms with van der Waals surface area (Å²) in [6, 6.07) is 16.3. The molecule has 32 heavy (non-hydrogen) atoms. The number of ether oxygens (including phenoxy) is 1. The summed E-state index contributed by atoms with van der Waals surface area (Å²) in [4.78, 5) is 14.7. The molecule has 5 nitrogen and oxygen atoms in total. The Morgan fingerprint density at radius 3 is 2.72 bits per heavy atom. The highest BCUT2D eigenvalue weighted by Gasteiger charge is 2.32. The van der Waals surface area contributed by atoms with E-state index in [4.69, 9.17) is 4.74 Å². The molecule has 1 atom stereocenters. The fourth-order valence-electron chi connectivity index (χ4n) is 3.96. The number of benzene rings is 2. The molecule has 0 radical (unpaired) electrons. The van der Waals surface area contributed by atoms with Crippen molar-refractivity contribution < 1.29 is 22.7 Å². The van der Waals surface area contributed by atoms with Gasteiger partial charge < -0.3 is 9.64 Å². The molecule has 1 aliphatic heterocycles. The van der Waals surface area contributed by atoms with Crippen LogP contribution in [0.3, 0.4) is 0 Å². The topological polar surface area (TPSA) is 58.2 Å². The van der Waals surface area contributed by atoms with Crippen molar-refractivity contribution in [3.8, 4) is 5.75 Å². The molecule has 1 unspecified atom stereocenters. The highest BCUT2D eigenvalue weighted by molar-refractivity contribution is 5.79. The van der Waals surface area contributed by atoms with E-state index < -0.39 is 11.7 Å². The van der Waals surface area contributed by atoms with Crippen LogP contribution in [0.25, 0.3) is 0 Å². The number of aromatic nitrogens is 2. The Kier molecular flexibility index (Phi) is 6.48. The van der Waals surface area contributed by atoms with Gasteiger partial charge in [0.15, 0.2) is 0 Å². The van der Waals surface area contributed by atoms with Crippen molar-refractivity contribution in [3.63, 3.8) is 0 Å². The number of likely N-dealkylation sites (tertiary alicyclic amines) is 1. The summed E-state index contributed by atoms with van der Waals surface area (Å²) >= 11 is 0. The molecule has 8 heteroatoms. The fraction of sp³-hybridized carbons (Fsp3) is 0.333. The molecule has 2 aromatic carbocycles.